The molecule has 0 saturated carbocycles. The van der Waals surface area contributed by atoms with E-state index in [1.807, 2.05) is 0 Å². The molecule has 1 unspecified atom stereocenters. The van der Waals surface area contributed by atoms with Crippen molar-refractivity contribution in [2.75, 3.05) is 13.6 Å². The zero-order chi connectivity index (χ0) is 17.9. The lowest BCUT2D eigenvalue weighted by atomic mass is 10.2. The number of rotatable bonds is 5. The molecule has 5 nitrogen and oxygen atoms in total. The van der Waals surface area contributed by atoms with Crippen LogP contribution in [0.3, 0.4) is 0 Å². The number of nitrogens with one attached hydrogen (secondary N) is 2. The molecule has 2 N–H and O–H groups in total. The van der Waals surface area contributed by atoms with Crippen molar-refractivity contribution in [2.24, 2.45) is 0 Å². The topological polar surface area (TPSA) is 58.9 Å². The summed E-state index contributed by atoms with van der Waals surface area (Å²) in [6.07, 6.45) is -4.09. The number of para-hydroxylation sites is 1. The largest absolute Gasteiger partial charge is 0.434 e. The molecule has 0 aliphatic heterocycles. The third kappa shape index (κ3) is 4.70. The first-order valence-corrected chi connectivity index (χ1v) is 7.11. The van der Waals surface area contributed by atoms with E-state index >= 15 is 0 Å². The van der Waals surface area contributed by atoms with Crippen molar-refractivity contribution >= 4 is 18.3 Å². The van der Waals surface area contributed by atoms with Crippen molar-refractivity contribution in [3.05, 3.63) is 47.5 Å². The van der Waals surface area contributed by atoms with Crippen molar-refractivity contribution in [2.45, 2.75) is 19.1 Å². The minimum atomic E-state index is -4.87. The van der Waals surface area contributed by atoms with E-state index in [9.17, 15) is 22.4 Å². The lowest BCUT2D eigenvalue weighted by Gasteiger charge is -2.14. The van der Waals surface area contributed by atoms with Gasteiger partial charge in [-0.15, -0.1) is 12.4 Å². The van der Waals surface area contributed by atoms with Gasteiger partial charge in [0.05, 0.1) is 11.8 Å². The lowest BCUT2D eigenvalue weighted by molar-refractivity contribution is -0.143. The Hall–Kier alpha value is -2.13. The average molecular weight is 381 g/mol. The molecule has 10 heteroatoms. The number of carbonyl (C=O) groups is 1. The van der Waals surface area contributed by atoms with Crippen molar-refractivity contribution in [1.29, 1.82) is 0 Å². The first-order chi connectivity index (χ1) is 11.3. The summed E-state index contributed by atoms with van der Waals surface area (Å²) in [5, 5.41) is 8.80. The Morgan fingerprint density at radius 3 is 2.52 bits per heavy atom. The molecule has 1 atom stereocenters. The quantitative estimate of drug-likeness (QED) is 0.784. The van der Waals surface area contributed by atoms with Crippen LogP contribution in [0.4, 0.5) is 17.6 Å². The fraction of sp³-hybridized carbons (Fsp3) is 0.333. The molecule has 138 valence electrons. The summed E-state index contributed by atoms with van der Waals surface area (Å²) < 4.78 is 54.4. The second-order valence-corrected chi connectivity index (χ2v) is 5.17. The zero-order valence-electron chi connectivity index (χ0n) is 13.4. The number of nitrogens with zero attached hydrogens (tertiary/aromatic N) is 2. The molecule has 2 rings (SSSR count). The number of alkyl halides is 3. The van der Waals surface area contributed by atoms with Gasteiger partial charge in [0.1, 0.15) is 11.5 Å². The summed E-state index contributed by atoms with van der Waals surface area (Å²) in [7, 11) is 1.66. The van der Waals surface area contributed by atoms with Crippen LogP contribution in [0, 0.1) is 5.82 Å². The van der Waals surface area contributed by atoms with Crippen LogP contribution in [0.25, 0.3) is 5.69 Å². The van der Waals surface area contributed by atoms with Crippen LogP contribution in [-0.2, 0) is 6.18 Å². The van der Waals surface area contributed by atoms with Crippen LogP contribution in [-0.4, -0.2) is 35.3 Å². The van der Waals surface area contributed by atoms with E-state index in [0.717, 1.165) is 18.3 Å². The second-order valence-electron chi connectivity index (χ2n) is 5.17. The molecule has 25 heavy (non-hydrogen) atoms. The molecule has 1 amide bonds. The summed E-state index contributed by atoms with van der Waals surface area (Å²) in [6, 6.07) is 4.79. The van der Waals surface area contributed by atoms with Gasteiger partial charge < -0.3 is 10.6 Å². The molecule has 1 heterocycles. The highest BCUT2D eigenvalue weighted by Crippen LogP contribution is 2.34. The minimum absolute atomic E-state index is 0. The molecule has 0 fully saturated rings. The van der Waals surface area contributed by atoms with Crippen molar-refractivity contribution in [3.63, 3.8) is 0 Å². The third-order valence-electron chi connectivity index (χ3n) is 3.42. The second kappa shape index (κ2) is 8.30. The van der Waals surface area contributed by atoms with E-state index in [-0.39, 0.29) is 30.7 Å². The first kappa shape index (κ1) is 20.9. The van der Waals surface area contributed by atoms with E-state index < -0.39 is 29.2 Å². The number of carbonyl (C=O) groups excluding carboxylic acids is 1. The van der Waals surface area contributed by atoms with Gasteiger partial charge in [0.2, 0.25) is 0 Å². The molecular formula is C15H17ClF4N4O. The Morgan fingerprint density at radius 2 is 1.96 bits per heavy atom. The molecule has 0 radical (unpaired) electrons. The predicted molar refractivity (Wildman–Crippen MR) is 86.6 cm³/mol. The number of hydrogen-bond acceptors (Lipinski definition) is 3. The van der Waals surface area contributed by atoms with Crippen molar-refractivity contribution < 1.29 is 22.4 Å². The Kier molecular flexibility index (Phi) is 6.95. The van der Waals surface area contributed by atoms with Gasteiger partial charge in [0, 0.05) is 12.6 Å². The van der Waals surface area contributed by atoms with Gasteiger partial charge in [-0.3, -0.25) is 4.79 Å². The van der Waals surface area contributed by atoms with Gasteiger partial charge in [0.25, 0.3) is 5.91 Å². The number of benzene rings is 1. The average Bonchev–Trinajstić information content (AvgIpc) is 2.97. The van der Waals surface area contributed by atoms with Gasteiger partial charge in [-0.05, 0) is 26.1 Å². The smallest absolute Gasteiger partial charge is 0.350 e. The van der Waals surface area contributed by atoms with Gasteiger partial charge in [-0.2, -0.15) is 18.3 Å². The van der Waals surface area contributed by atoms with E-state index in [1.54, 1.807) is 14.0 Å². The van der Waals surface area contributed by atoms with Gasteiger partial charge in [0.15, 0.2) is 5.69 Å². The monoisotopic (exact) mass is 380 g/mol. The molecule has 0 saturated heterocycles. The maximum atomic E-state index is 13.8. The molecule has 1 aromatic heterocycles. The van der Waals surface area contributed by atoms with Gasteiger partial charge in [-0.25, -0.2) is 9.07 Å². The predicted octanol–water partition coefficient (Wildman–Crippen LogP) is 2.79. The van der Waals surface area contributed by atoms with E-state index in [0.29, 0.717) is 4.68 Å². The highest BCUT2D eigenvalue weighted by Gasteiger charge is 2.41. The van der Waals surface area contributed by atoms with Crippen LogP contribution in [0.2, 0.25) is 0 Å². The summed E-state index contributed by atoms with van der Waals surface area (Å²) >= 11 is 0. The highest BCUT2D eigenvalue weighted by molar-refractivity contribution is 5.95. The van der Waals surface area contributed by atoms with Crippen LogP contribution in [0.1, 0.15) is 23.0 Å². The van der Waals surface area contributed by atoms with Gasteiger partial charge >= 0.3 is 6.18 Å². The maximum absolute atomic E-state index is 13.8. The Bertz CT molecular complexity index is 733. The molecule has 0 bridgehead atoms. The Labute approximate surface area is 147 Å². The number of likely N-dealkylation sites (N-methyl/N-ethyl adjacent to an activating group) is 1. The SMILES string of the molecule is CNC(C)CNC(=O)c1cnn(-c2ccccc2F)c1C(F)(F)F.Cl. The molecule has 2 aromatic rings. The Morgan fingerprint density at radius 1 is 1.32 bits per heavy atom. The number of aromatic nitrogens is 2. The summed E-state index contributed by atoms with van der Waals surface area (Å²) in [4.78, 5) is 12.1. The van der Waals surface area contributed by atoms with Crippen LogP contribution in [0.5, 0.6) is 0 Å². The summed E-state index contributed by atoms with van der Waals surface area (Å²) in [5.41, 5.74) is -2.36. The van der Waals surface area contributed by atoms with Crippen molar-refractivity contribution in [3.8, 4) is 5.69 Å². The first-order valence-electron chi connectivity index (χ1n) is 7.11. The Balaban J connectivity index is 0.00000312. The lowest BCUT2D eigenvalue weighted by Crippen LogP contribution is -2.37. The number of amides is 1. The van der Waals surface area contributed by atoms with Crippen LogP contribution < -0.4 is 10.6 Å². The fourth-order valence-corrected chi connectivity index (χ4v) is 2.04. The maximum Gasteiger partial charge on any atom is 0.434 e. The van der Waals surface area contributed by atoms with E-state index in [4.69, 9.17) is 0 Å². The van der Waals surface area contributed by atoms with E-state index in [1.165, 1.54) is 12.1 Å². The van der Waals surface area contributed by atoms with Crippen LogP contribution in [0.15, 0.2) is 30.5 Å². The third-order valence-corrected chi connectivity index (χ3v) is 3.42. The number of halogens is 5. The van der Waals surface area contributed by atoms with Crippen LogP contribution >= 0.6 is 12.4 Å². The zero-order valence-corrected chi connectivity index (χ0v) is 14.2. The fourth-order valence-electron chi connectivity index (χ4n) is 2.04. The number of hydrogen-bond donors (Lipinski definition) is 2. The molecule has 1 aromatic carbocycles. The molecular weight excluding hydrogens is 364 g/mol. The molecule has 0 aliphatic carbocycles. The summed E-state index contributed by atoms with van der Waals surface area (Å²) in [6.45, 7) is 1.89. The van der Waals surface area contributed by atoms with Gasteiger partial charge in [-0.1, -0.05) is 12.1 Å². The summed E-state index contributed by atoms with van der Waals surface area (Å²) in [5.74, 6) is -1.80. The standard InChI is InChI=1S/C15H16F4N4O.ClH/c1-9(20-2)7-21-14(24)10-8-22-23(13(10)15(17,18)19)12-6-4-3-5-11(12)16;/h3-6,8-9,20H,7H2,1-2H3,(H,21,24);1H. The normalized spacial score (nSPS) is 12.4. The van der Waals surface area contributed by atoms with Crippen molar-refractivity contribution in [1.82, 2.24) is 20.4 Å². The van der Waals surface area contributed by atoms with E-state index in [2.05, 4.69) is 15.7 Å². The molecule has 0 spiro atoms. The minimum Gasteiger partial charge on any atom is -0.350 e. The molecule has 0 aliphatic rings. The highest BCUT2D eigenvalue weighted by atomic mass is 35.5.